The van der Waals surface area contributed by atoms with Gasteiger partial charge in [0.2, 0.25) is 5.91 Å². The van der Waals surface area contributed by atoms with Crippen LogP contribution in [0.5, 0.6) is 0 Å². The Morgan fingerprint density at radius 3 is 3.00 bits per heavy atom. The lowest BCUT2D eigenvalue weighted by molar-refractivity contribution is -0.120. The average Bonchev–Trinajstić information content (AvgIpc) is 2.20. The molecule has 14 heavy (non-hydrogen) atoms. The fraction of sp³-hybridized carbons (Fsp3) is 0.500. The Bertz CT molecular complexity index is 274. The molecule has 1 N–H and O–H groups in total. The van der Waals surface area contributed by atoms with E-state index in [1.165, 1.54) is 0 Å². The van der Waals surface area contributed by atoms with Crippen molar-refractivity contribution >= 4 is 5.91 Å². The number of hydrogen-bond acceptors (Lipinski definition) is 3. The van der Waals surface area contributed by atoms with E-state index in [0.29, 0.717) is 12.1 Å². The molecule has 4 heteroatoms. The van der Waals surface area contributed by atoms with Crippen LogP contribution in [0.25, 0.3) is 0 Å². The lowest BCUT2D eigenvalue weighted by atomic mass is 10.3. The molecule has 0 unspecified atom stereocenters. The van der Waals surface area contributed by atoms with Crippen LogP contribution in [0.4, 0.5) is 0 Å². The maximum absolute atomic E-state index is 11.3. The van der Waals surface area contributed by atoms with Gasteiger partial charge in [0, 0.05) is 25.1 Å². The van der Waals surface area contributed by atoms with Crippen LogP contribution < -0.4 is 5.32 Å². The van der Waals surface area contributed by atoms with Crippen LogP contribution in [-0.4, -0.2) is 22.4 Å². The van der Waals surface area contributed by atoms with Crippen molar-refractivity contribution in [2.24, 2.45) is 0 Å². The number of unbranched alkanes of at least 4 members (excludes halogenated alkanes) is 1. The fourth-order valence-electron chi connectivity index (χ4n) is 1.05. The highest BCUT2D eigenvalue weighted by Crippen LogP contribution is 1.91. The van der Waals surface area contributed by atoms with E-state index in [1.807, 2.05) is 0 Å². The van der Waals surface area contributed by atoms with Gasteiger partial charge in [-0.05, 0) is 6.42 Å². The summed E-state index contributed by atoms with van der Waals surface area (Å²) in [6, 6.07) is 0. The summed E-state index contributed by atoms with van der Waals surface area (Å²) in [6.07, 6.45) is 7.22. The molecular formula is C10H15N3O. The summed E-state index contributed by atoms with van der Waals surface area (Å²) in [5.41, 5.74) is 0.710. The minimum Gasteiger partial charge on any atom is -0.356 e. The molecule has 0 aliphatic carbocycles. The van der Waals surface area contributed by atoms with Crippen LogP contribution in [0.3, 0.4) is 0 Å². The SMILES string of the molecule is CCCCNC(=O)Cc1cnccn1. The number of aromatic nitrogens is 2. The fourth-order valence-corrected chi connectivity index (χ4v) is 1.05. The molecule has 0 saturated carbocycles. The van der Waals surface area contributed by atoms with E-state index in [1.54, 1.807) is 18.6 Å². The summed E-state index contributed by atoms with van der Waals surface area (Å²) in [7, 11) is 0. The summed E-state index contributed by atoms with van der Waals surface area (Å²) in [4.78, 5) is 19.2. The molecule has 0 aliphatic rings. The number of carbonyl (C=O) groups is 1. The lowest BCUT2D eigenvalue weighted by Gasteiger charge is -2.02. The van der Waals surface area contributed by atoms with Crippen LogP contribution >= 0.6 is 0 Å². The highest BCUT2D eigenvalue weighted by Gasteiger charge is 2.02. The third kappa shape index (κ3) is 3.98. The molecule has 0 aliphatic heterocycles. The first kappa shape index (κ1) is 10.6. The van der Waals surface area contributed by atoms with Gasteiger partial charge < -0.3 is 5.32 Å². The van der Waals surface area contributed by atoms with Crippen molar-refractivity contribution in [2.75, 3.05) is 6.54 Å². The van der Waals surface area contributed by atoms with Gasteiger partial charge in [0.05, 0.1) is 12.1 Å². The predicted octanol–water partition coefficient (Wildman–Crippen LogP) is 0.935. The van der Waals surface area contributed by atoms with Gasteiger partial charge in [0.1, 0.15) is 0 Å². The molecule has 0 aromatic carbocycles. The number of nitrogens with zero attached hydrogens (tertiary/aromatic N) is 2. The molecule has 1 rings (SSSR count). The van der Waals surface area contributed by atoms with Gasteiger partial charge in [-0.15, -0.1) is 0 Å². The summed E-state index contributed by atoms with van der Waals surface area (Å²) in [6.45, 7) is 2.84. The van der Waals surface area contributed by atoms with Crippen molar-refractivity contribution < 1.29 is 4.79 Å². The molecule has 0 bridgehead atoms. The zero-order chi connectivity index (χ0) is 10.2. The number of carbonyl (C=O) groups excluding carboxylic acids is 1. The summed E-state index contributed by atoms with van der Waals surface area (Å²) in [5, 5.41) is 2.83. The zero-order valence-corrected chi connectivity index (χ0v) is 8.36. The van der Waals surface area contributed by atoms with E-state index in [0.717, 1.165) is 19.4 Å². The first-order chi connectivity index (χ1) is 6.83. The van der Waals surface area contributed by atoms with Crippen molar-refractivity contribution in [1.82, 2.24) is 15.3 Å². The van der Waals surface area contributed by atoms with E-state index in [4.69, 9.17) is 0 Å². The van der Waals surface area contributed by atoms with Gasteiger partial charge in [-0.2, -0.15) is 0 Å². The minimum absolute atomic E-state index is 0.0129. The van der Waals surface area contributed by atoms with E-state index in [-0.39, 0.29) is 5.91 Å². The molecule has 0 atom stereocenters. The van der Waals surface area contributed by atoms with Gasteiger partial charge in [0.25, 0.3) is 0 Å². The van der Waals surface area contributed by atoms with Gasteiger partial charge in [-0.3, -0.25) is 14.8 Å². The van der Waals surface area contributed by atoms with Crippen molar-refractivity contribution in [3.8, 4) is 0 Å². The van der Waals surface area contributed by atoms with Gasteiger partial charge >= 0.3 is 0 Å². The Balaban J connectivity index is 2.27. The Hall–Kier alpha value is -1.45. The highest BCUT2D eigenvalue weighted by molar-refractivity contribution is 5.77. The molecule has 1 amide bonds. The zero-order valence-electron chi connectivity index (χ0n) is 8.36. The Labute approximate surface area is 83.8 Å². The van der Waals surface area contributed by atoms with Crippen molar-refractivity contribution in [3.63, 3.8) is 0 Å². The van der Waals surface area contributed by atoms with Crippen molar-refractivity contribution in [2.45, 2.75) is 26.2 Å². The Morgan fingerprint density at radius 1 is 1.50 bits per heavy atom. The summed E-state index contributed by atoms with van der Waals surface area (Å²) < 4.78 is 0. The maximum Gasteiger partial charge on any atom is 0.226 e. The van der Waals surface area contributed by atoms with Crippen LogP contribution in [0.1, 0.15) is 25.5 Å². The minimum atomic E-state index is 0.0129. The summed E-state index contributed by atoms with van der Waals surface area (Å²) >= 11 is 0. The van der Waals surface area contributed by atoms with Crippen LogP contribution in [-0.2, 0) is 11.2 Å². The Kier molecular flexibility index (Phi) is 4.61. The van der Waals surface area contributed by atoms with Crippen LogP contribution in [0.2, 0.25) is 0 Å². The molecular weight excluding hydrogens is 178 g/mol. The number of rotatable bonds is 5. The molecule has 0 spiro atoms. The largest absolute Gasteiger partial charge is 0.356 e. The molecule has 4 nitrogen and oxygen atoms in total. The van der Waals surface area contributed by atoms with Gasteiger partial charge in [-0.25, -0.2) is 0 Å². The molecule has 1 aromatic heterocycles. The average molecular weight is 193 g/mol. The topological polar surface area (TPSA) is 54.9 Å². The molecule has 0 saturated heterocycles. The van der Waals surface area contributed by atoms with E-state index in [2.05, 4.69) is 22.2 Å². The smallest absolute Gasteiger partial charge is 0.226 e. The second-order valence-corrected chi connectivity index (χ2v) is 3.08. The van der Waals surface area contributed by atoms with Gasteiger partial charge in [0.15, 0.2) is 0 Å². The van der Waals surface area contributed by atoms with E-state index < -0.39 is 0 Å². The maximum atomic E-state index is 11.3. The standard InChI is InChI=1S/C10H15N3O/c1-2-3-4-13-10(14)7-9-8-11-5-6-12-9/h5-6,8H,2-4,7H2,1H3,(H,13,14). The van der Waals surface area contributed by atoms with Crippen molar-refractivity contribution in [1.29, 1.82) is 0 Å². The molecule has 1 heterocycles. The quantitative estimate of drug-likeness (QED) is 0.708. The molecule has 0 radical (unpaired) electrons. The molecule has 76 valence electrons. The monoisotopic (exact) mass is 193 g/mol. The van der Waals surface area contributed by atoms with E-state index in [9.17, 15) is 4.79 Å². The number of nitrogens with one attached hydrogen (secondary N) is 1. The normalized spacial score (nSPS) is 9.79. The first-order valence-corrected chi connectivity index (χ1v) is 4.84. The van der Waals surface area contributed by atoms with Gasteiger partial charge in [-0.1, -0.05) is 13.3 Å². The first-order valence-electron chi connectivity index (χ1n) is 4.84. The highest BCUT2D eigenvalue weighted by atomic mass is 16.1. The van der Waals surface area contributed by atoms with Crippen molar-refractivity contribution in [3.05, 3.63) is 24.3 Å². The van der Waals surface area contributed by atoms with Crippen LogP contribution in [0, 0.1) is 0 Å². The third-order valence-electron chi connectivity index (χ3n) is 1.81. The second-order valence-electron chi connectivity index (χ2n) is 3.08. The second kappa shape index (κ2) is 6.07. The van der Waals surface area contributed by atoms with Crippen LogP contribution in [0.15, 0.2) is 18.6 Å². The lowest BCUT2D eigenvalue weighted by Crippen LogP contribution is -2.26. The summed E-state index contributed by atoms with van der Waals surface area (Å²) in [5.74, 6) is 0.0129. The van der Waals surface area contributed by atoms with E-state index >= 15 is 0 Å². The third-order valence-corrected chi connectivity index (χ3v) is 1.81. The molecule has 0 fully saturated rings. The number of amides is 1. The Morgan fingerprint density at radius 2 is 2.36 bits per heavy atom. The molecule has 1 aromatic rings. The number of hydrogen-bond donors (Lipinski definition) is 1. The predicted molar refractivity (Wildman–Crippen MR) is 53.7 cm³/mol.